The van der Waals surface area contributed by atoms with E-state index in [9.17, 15) is 4.79 Å². The quantitative estimate of drug-likeness (QED) is 0.473. The number of carboxylic acids is 1. The Hall–Kier alpha value is -1.45. The number of carbonyl (C=O) groups is 1. The maximum absolute atomic E-state index is 10.5. The molecule has 0 fully saturated rings. The summed E-state index contributed by atoms with van der Waals surface area (Å²) in [5, 5.41) is 8.61. The highest BCUT2D eigenvalue weighted by Crippen LogP contribution is 2.01. The first-order valence-electron chi connectivity index (χ1n) is 4.06. The first kappa shape index (κ1) is 14.6. The summed E-state index contributed by atoms with van der Waals surface area (Å²) in [5.41, 5.74) is 0. The van der Waals surface area contributed by atoms with E-state index >= 15 is 0 Å². The predicted octanol–water partition coefficient (Wildman–Crippen LogP) is -0.695. The van der Waals surface area contributed by atoms with Crippen molar-refractivity contribution >= 4 is 16.4 Å². The van der Waals surface area contributed by atoms with Crippen LogP contribution in [0.15, 0.2) is 18.7 Å². The maximum atomic E-state index is 10.5. The number of aromatic nitrogens is 2. The van der Waals surface area contributed by atoms with Crippen molar-refractivity contribution < 1.29 is 32.0 Å². The smallest absolute Gasteiger partial charge is 0.394 e. The number of nitrogens with zero attached hydrogens (tertiary/aromatic N) is 2. The van der Waals surface area contributed by atoms with E-state index in [4.69, 9.17) is 22.6 Å². The van der Waals surface area contributed by atoms with E-state index in [1.54, 1.807) is 34.8 Å². The monoisotopic (exact) mass is 253 g/mol. The van der Waals surface area contributed by atoms with Crippen molar-refractivity contribution in [3.05, 3.63) is 18.7 Å². The summed E-state index contributed by atoms with van der Waals surface area (Å²) in [4.78, 5) is 10.5. The standard InChI is InChI=1S/C7H10N2O2.H2O4S/c1-6(7(10)11)9-4-3-8(2)5-9;1-5(2,3)4/h3-6H,1-2H3;(H2,1,2,3,4)/p+1. The molecule has 3 N–H and O–H groups in total. The van der Waals surface area contributed by atoms with Gasteiger partial charge in [-0.05, 0) is 6.92 Å². The maximum Gasteiger partial charge on any atom is 0.394 e. The van der Waals surface area contributed by atoms with Crippen LogP contribution < -0.4 is 4.57 Å². The molecule has 0 amide bonds. The van der Waals surface area contributed by atoms with Gasteiger partial charge in [-0.2, -0.15) is 8.42 Å². The second kappa shape index (κ2) is 5.58. The fraction of sp³-hybridized carbons (Fsp3) is 0.429. The molecule has 0 saturated heterocycles. The molecule has 0 aliphatic carbocycles. The highest BCUT2D eigenvalue weighted by Gasteiger charge is 2.17. The van der Waals surface area contributed by atoms with E-state index in [0.717, 1.165) is 0 Å². The lowest BCUT2D eigenvalue weighted by molar-refractivity contribution is -0.671. The van der Waals surface area contributed by atoms with Crippen LogP contribution >= 0.6 is 0 Å². The Balaban J connectivity index is 0.000000385. The van der Waals surface area contributed by atoms with Crippen LogP contribution in [-0.4, -0.2) is 33.2 Å². The zero-order valence-electron chi connectivity index (χ0n) is 8.68. The highest BCUT2D eigenvalue weighted by molar-refractivity contribution is 7.79. The predicted molar refractivity (Wildman–Crippen MR) is 52.1 cm³/mol. The Morgan fingerprint density at radius 1 is 1.44 bits per heavy atom. The molecule has 0 aliphatic heterocycles. The summed E-state index contributed by atoms with van der Waals surface area (Å²) in [6.45, 7) is 1.64. The minimum absolute atomic E-state index is 0.490. The number of aryl methyl sites for hydroxylation is 1. The van der Waals surface area contributed by atoms with E-state index in [2.05, 4.69) is 0 Å². The van der Waals surface area contributed by atoms with Gasteiger partial charge in [0.2, 0.25) is 6.33 Å². The second-order valence-electron chi connectivity index (χ2n) is 2.99. The van der Waals surface area contributed by atoms with E-state index in [1.165, 1.54) is 0 Å². The molecule has 0 saturated carbocycles. The number of hydrogen-bond acceptors (Lipinski definition) is 3. The number of aliphatic carboxylic acids is 1. The second-order valence-corrected chi connectivity index (χ2v) is 3.88. The van der Waals surface area contributed by atoms with Gasteiger partial charge in [-0.15, -0.1) is 0 Å². The van der Waals surface area contributed by atoms with E-state index in [1.807, 2.05) is 7.05 Å². The Morgan fingerprint density at radius 3 is 2.12 bits per heavy atom. The fourth-order valence-electron chi connectivity index (χ4n) is 0.826. The average molecular weight is 253 g/mol. The lowest BCUT2D eigenvalue weighted by atomic mass is 10.3. The molecule has 1 heterocycles. The number of carboxylic acid groups (broad SMARTS) is 1. The molecule has 1 aromatic rings. The van der Waals surface area contributed by atoms with Crippen LogP contribution in [0.4, 0.5) is 0 Å². The Labute approximate surface area is 92.3 Å². The molecule has 0 bridgehead atoms. The van der Waals surface area contributed by atoms with Crippen LogP contribution in [0.3, 0.4) is 0 Å². The van der Waals surface area contributed by atoms with Gasteiger partial charge in [0.25, 0.3) is 0 Å². The van der Waals surface area contributed by atoms with Gasteiger partial charge < -0.3 is 5.11 Å². The van der Waals surface area contributed by atoms with E-state index in [-0.39, 0.29) is 0 Å². The highest BCUT2D eigenvalue weighted by atomic mass is 32.3. The molecular weight excluding hydrogens is 240 g/mol. The number of hydrogen-bond donors (Lipinski definition) is 3. The SMILES string of the molecule is CC(C(=O)O)n1cc[n+](C)c1.O=S(=O)(O)O. The van der Waals surface area contributed by atoms with Crippen molar-refractivity contribution in [3.8, 4) is 0 Å². The molecule has 1 aromatic heterocycles. The van der Waals surface area contributed by atoms with Gasteiger partial charge in [0, 0.05) is 0 Å². The summed E-state index contributed by atoms with van der Waals surface area (Å²) in [7, 11) is -2.81. The van der Waals surface area contributed by atoms with Crippen LogP contribution in [0.1, 0.15) is 13.0 Å². The molecule has 1 rings (SSSR count). The van der Waals surface area contributed by atoms with E-state index < -0.39 is 22.4 Å². The van der Waals surface area contributed by atoms with Gasteiger partial charge in [-0.3, -0.25) is 9.11 Å². The summed E-state index contributed by atoms with van der Waals surface area (Å²) in [5.74, 6) is -0.818. The zero-order valence-corrected chi connectivity index (χ0v) is 9.49. The summed E-state index contributed by atoms with van der Waals surface area (Å²) in [6, 6.07) is -0.490. The summed E-state index contributed by atoms with van der Waals surface area (Å²) >= 11 is 0. The third-order valence-electron chi connectivity index (χ3n) is 1.59. The first-order valence-corrected chi connectivity index (χ1v) is 5.46. The average Bonchev–Trinajstić information content (AvgIpc) is 2.47. The molecule has 16 heavy (non-hydrogen) atoms. The van der Waals surface area contributed by atoms with E-state index in [0.29, 0.717) is 0 Å². The lowest BCUT2D eigenvalue weighted by Gasteiger charge is -1.98. The largest absolute Gasteiger partial charge is 0.478 e. The molecule has 0 aromatic carbocycles. The van der Waals surface area contributed by atoms with Gasteiger partial charge in [0.15, 0.2) is 6.04 Å². The van der Waals surface area contributed by atoms with Gasteiger partial charge >= 0.3 is 16.4 Å². The Morgan fingerprint density at radius 2 is 1.88 bits per heavy atom. The van der Waals surface area contributed by atoms with Gasteiger partial charge in [0.1, 0.15) is 12.4 Å². The number of rotatable bonds is 2. The van der Waals surface area contributed by atoms with Crippen molar-refractivity contribution in [2.24, 2.45) is 7.05 Å². The minimum Gasteiger partial charge on any atom is -0.478 e. The third-order valence-corrected chi connectivity index (χ3v) is 1.59. The van der Waals surface area contributed by atoms with Crippen LogP contribution in [0.25, 0.3) is 0 Å². The van der Waals surface area contributed by atoms with Crippen LogP contribution in [0.5, 0.6) is 0 Å². The van der Waals surface area contributed by atoms with Crippen LogP contribution in [0, 0.1) is 0 Å². The first-order chi connectivity index (χ1) is 7.11. The van der Waals surface area contributed by atoms with Crippen molar-refractivity contribution in [2.45, 2.75) is 13.0 Å². The molecule has 9 heteroatoms. The third kappa shape index (κ3) is 6.92. The molecule has 1 unspecified atom stereocenters. The lowest BCUT2D eigenvalue weighted by Crippen LogP contribution is -2.25. The topological polar surface area (TPSA) is 121 Å². The number of imidazole rings is 1. The van der Waals surface area contributed by atoms with Gasteiger partial charge in [0.05, 0.1) is 7.05 Å². The molecule has 8 nitrogen and oxygen atoms in total. The molecule has 92 valence electrons. The fourth-order valence-corrected chi connectivity index (χ4v) is 0.826. The molecule has 1 atom stereocenters. The zero-order chi connectivity index (χ0) is 12.9. The molecule has 0 aliphatic rings. The van der Waals surface area contributed by atoms with Gasteiger partial charge in [-0.25, -0.2) is 13.9 Å². The van der Waals surface area contributed by atoms with Crippen molar-refractivity contribution in [2.75, 3.05) is 0 Å². The minimum atomic E-state index is -4.67. The molecular formula is C7H13N2O6S+. The summed E-state index contributed by atoms with van der Waals surface area (Å²) < 4.78 is 35.0. The van der Waals surface area contributed by atoms with Crippen molar-refractivity contribution in [3.63, 3.8) is 0 Å². The van der Waals surface area contributed by atoms with Gasteiger partial charge in [-0.1, -0.05) is 0 Å². The Kier molecular flexibility index (Phi) is 5.08. The van der Waals surface area contributed by atoms with Crippen LogP contribution in [0.2, 0.25) is 0 Å². The Bertz CT molecular complexity index is 443. The van der Waals surface area contributed by atoms with Crippen molar-refractivity contribution in [1.29, 1.82) is 0 Å². The molecule has 0 radical (unpaired) electrons. The molecule has 0 spiro atoms. The normalized spacial score (nSPS) is 12.5. The van der Waals surface area contributed by atoms with Crippen molar-refractivity contribution in [1.82, 2.24) is 4.57 Å². The summed E-state index contributed by atoms with van der Waals surface area (Å²) in [6.07, 6.45) is 5.27. The van der Waals surface area contributed by atoms with Crippen LogP contribution in [-0.2, 0) is 22.2 Å².